The van der Waals surface area contributed by atoms with Crippen molar-refractivity contribution in [3.05, 3.63) is 35.4 Å². The normalized spacial score (nSPS) is 11.1. The van der Waals surface area contributed by atoms with Crippen molar-refractivity contribution in [3.8, 4) is 0 Å². The van der Waals surface area contributed by atoms with Gasteiger partial charge in [0.15, 0.2) is 5.96 Å². The van der Waals surface area contributed by atoms with Gasteiger partial charge in [-0.1, -0.05) is 38.1 Å². The van der Waals surface area contributed by atoms with E-state index in [4.69, 9.17) is 4.74 Å². The smallest absolute Gasteiger partial charge is 0.243 e. The molecule has 2 N–H and O–H groups in total. The molecule has 0 aromatic heterocycles. The number of aryl methyl sites for hydroxylation is 1. The molecule has 0 spiro atoms. The molecule has 0 unspecified atom stereocenters. The number of benzene rings is 1. The van der Waals surface area contributed by atoms with E-state index in [-0.39, 0.29) is 36.4 Å². The highest BCUT2D eigenvalue weighted by Gasteiger charge is 2.04. The Morgan fingerprint density at radius 2 is 1.78 bits per heavy atom. The van der Waals surface area contributed by atoms with Crippen molar-refractivity contribution in [2.45, 2.75) is 32.6 Å². The van der Waals surface area contributed by atoms with E-state index in [0.29, 0.717) is 25.0 Å². The molecule has 0 bridgehead atoms. The van der Waals surface area contributed by atoms with Crippen LogP contribution in [0.3, 0.4) is 0 Å². The highest BCUT2D eigenvalue weighted by molar-refractivity contribution is 14.0. The SMILES string of the molecule is COCCNC(=NCC(=O)N(C)C)NCCCc1ccc(C(C)C)cc1.I. The number of halogens is 1. The molecular formula is C20H35IN4O2. The molecule has 0 heterocycles. The number of nitrogens with one attached hydrogen (secondary N) is 2. The molecule has 0 saturated carbocycles. The van der Waals surface area contributed by atoms with E-state index in [1.54, 1.807) is 21.2 Å². The molecule has 0 fully saturated rings. The van der Waals surface area contributed by atoms with E-state index in [1.165, 1.54) is 16.0 Å². The van der Waals surface area contributed by atoms with Crippen LogP contribution in [0.2, 0.25) is 0 Å². The molecule has 154 valence electrons. The Morgan fingerprint density at radius 3 is 2.33 bits per heavy atom. The average Bonchev–Trinajstić information content (AvgIpc) is 2.62. The van der Waals surface area contributed by atoms with Gasteiger partial charge in [0.05, 0.1) is 6.61 Å². The third-order valence-corrected chi connectivity index (χ3v) is 4.05. The molecule has 0 saturated heterocycles. The molecule has 0 aliphatic carbocycles. The minimum Gasteiger partial charge on any atom is -0.383 e. The van der Waals surface area contributed by atoms with Crippen LogP contribution in [0.15, 0.2) is 29.3 Å². The van der Waals surface area contributed by atoms with Crippen molar-refractivity contribution in [1.29, 1.82) is 0 Å². The summed E-state index contributed by atoms with van der Waals surface area (Å²) in [5.41, 5.74) is 2.71. The number of nitrogens with zero attached hydrogens (tertiary/aromatic N) is 2. The lowest BCUT2D eigenvalue weighted by Gasteiger charge is -2.13. The van der Waals surface area contributed by atoms with Crippen molar-refractivity contribution < 1.29 is 9.53 Å². The first-order valence-electron chi connectivity index (χ1n) is 9.24. The molecule has 1 rings (SSSR count). The number of amides is 1. The fraction of sp³-hybridized carbons (Fsp3) is 0.600. The second-order valence-corrected chi connectivity index (χ2v) is 6.80. The van der Waals surface area contributed by atoms with Crippen LogP contribution in [0.4, 0.5) is 0 Å². The van der Waals surface area contributed by atoms with E-state index < -0.39 is 0 Å². The number of guanidine groups is 1. The van der Waals surface area contributed by atoms with Gasteiger partial charge in [0.2, 0.25) is 5.91 Å². The maximum Gasteiger partial charge on any atom is 0.243 e. The van der Waals surface area contributed by atoms with Crippen molar-refractivity contribution in [2.24, 2.45) is 4.99 Å². The Hall–Kier alpha value is -1.35. The predicted octanol–water partition coefficient (Wildman–Crippen LogP) is 2.63. The quantitative estimate of drug-likeness (QED) is 0.229. The van der Waals surface area contributed by atoms with Crippen molar-refractivity contribution in [3.63, 3.8) is 0 Å². The summed E-state index contributed by atoms with van der Waals surface area (Å²) in [6.45, 7) is 6.57. The topological polar surface area (TPSA) is 66.0 Å². The van der Waals surface area contributed by atoms with Gasteiger partial charge in [0, 0.05) is 34.3 Å². The zero-order chi connectivity index (χ0) is 19.4. The monoisotopic (exact) mass is 490 g/mol. The maximum absolute atomic E-state index is 11.7. The zero-order valence-corrected chi connectivity index (χ0v) is 19.6. The average molecular weight is 490 g/mol. The summed E-state index contributed by atoms with van der Waals surface area (Å²) in [6.07, 6.45) is 2.00. The number of aliphatic imine (C=N–C) groups is 1. The first-order valence-corrected chi connectivity index (χ1v) is 9.24. The number of likely N-dealkylation sites (N-methyl/N-ethyl adjacent to an activating group) is 1. The minimum atomic E-state index is -0.0249. The molecule has 1 amide bonds. The maximum atomic E-state index is 11.7. The van der Waals surface area contributed by atoms with Gasteiger partial charge >= 0.3 is 0 Å². The molecule has 7 heteroatoms. The fourth-order valence-corrected chi connectivity index (χ4v) is 2.30. The fourth-order valence-electron chi connectivity index (χ4n) is 2.30. The van der Waals surface area contributed by atoms with Gasteiger partial charge in [-0.15, -0.1) is 24.0 Å². The van der Waals surface area contributed by atoms with E-state index in [0.717, 1.165) is 19.4 Å². The molecule has 27 heavy (non-hydrogen) atoms. The number of carbonyl (C=O) groups is 1. The van der Waals surface area contributed by atoms with Crippen LogP contribution in [0.5, 0.6) is 0 Å². The summed E-state index contributed by atoms with van der Waals surface area (Å²) in [6, 6.07) is 8.83. The summed E-state index contributed by atoms with van der Waals surface area (Å²) in [5, 5.41) is 6.46. The highest BCUT2D eigenvalue weighted by Crippen LogP contribution is 2.15. The molecule has 0 radical (unpaired) electrons. The summed E-state index contributed by atoms with van der Waals surface area (Å²) >= 11 is 0. The lowest BCUT2D eigenvalue weighted by molar-refractivity contribution is -0.127. The van der Waals surface area contributed by atoms with Crippen molar-refractivity contribution in [1.82, 2.24) is 15.5 Å². The summed E-state index contributed by atoms with van der Waals surface area (Å²) in [5.74, 6) is 1.18. The summed E-state index contributed by atoms with van der Waals surface area (Å²) in [7, 11) is 5.12. The Kier molecular flexibility index (Phi) is 13.9. The van der Waals surface area contributed by atoms with Crippen molar-refractivity contribution in [2.75, 3.05) is 47.4 Å². The Labute approximate surface area is 181 Å². The van der Waals surface area contributed by atoms with Crippen LogP contribution >= 0.6 is 24.0 Å². The number of methoxy groups -OCH3 is 1. The van der Waals surface area contributed by atoms with Gasteiger partial charge in [-0.25, -0.2) is 4.99 Å². The number of rotatable bonds is 10. The Bertz CT molecular complexity index is 560. The van der Waals surface area contributed by atoms with Crippen LogP contribution in [-0.4, -0.2) is 64.2 Å². The van der Waals surface area contributed by atoms with Crippen LogP contribution in [0.25, 0.3) is 0 Å². The van der Waals surface area contributed by atoms with Gasteiger partial charge in [-0.3, -0.25) is 4.79 Å². The van der Waals surface area contributed by atoms with Gasteiger partial charge in [-0.05, 0) is 29.9 Å². The Morgan fingerprint density at radius 1 is 1.15 bits per heavy atom. The van der Waals surface area contributed by atoms with Crippen molar-refractivity contribution >= 4 is 35.8 Å². The summed E-state index contributed by atoms with van der Waals surface area (Å²) < 4.78 is 5.05. The molecule has 0 atom stereocenters. The molecule has 6 nitrogen and oxygen atoms in total. The lowest BCUT2D eigenvalue weighted by Crippen LogP contribution is -2.40. The van der Waals surface area contributed by atoms with Gasteiger partial charge in [0.25, 0.3) is 0 Å². The second kappa shape index (κ2) is 14.7. The largest absolute Gasteiger partial charge is 0.383 e. The molecule has 1 aromatic carbocycles. The van der Waals surface area contributed by atoms with E-state index in [2.05, 4.69) is 53.7 Å². The number of ether oxygens (including phenoxy) is 1. The minimum absolute atomic E-state index is 0. The van der Waals surface area contributed by atoms with Gasteiger partial charge in [-0.2, -0.15) is 0 Å². The molecule has 0 aliphatic rings. The van der Waals surface area contributed by atoms with Crippen LogP contribution < -0.4 is 10.6 Å². The standard InChI is InChI=1S/C20H34N4O2.HI/c1-16(2)18-10-8-17(9-11-18)7-6-12-21-20(22-13-14-26-5)23-15-19(25)24(3)4;/h8-11,16H,6-7,12-15H2,1-5H3,(H2,21,22,23);1H. The number of hydrogen-bond acceptors (Lipinski definition) is 3. The third-order valence-electron chi connectivity index (χ3n) is 4.05. The second-order valence-electron chi connectivity index (χ2n) is 6.80. The molecular weight excluding hydrogens is 455 g/mol. The number of carbonyl (C=O) groups excluding carboxylic acids is 1. The van der Waals surface area contributed by atoms with Crippen LogP contribution in [0.1, 0.15) is 37.3 Å². The van der Waals surface area contributed by atoms with E-state index in [9.17, 15) is 4.79 Å². The lowest BCUT2D eigenvalue weighted by atomic mass is 10.0. The van der Waals surface area contributed by atoms with E-state index >= 15 is 0 Å². The summed E-state index contributed by atoms with van der Waals surface area (Å²) in [4.78, 5) is 17.6. The van der Waals surface area contributed by atoms with E-state index in [1.807, 2.05) is 0 Å². The first kappa shape index (κ1) is 25.6. The predicted molar refractivity (Wildman–Crippen MR) is 123 cm³/mol. The first-order chi connectivity index (χ1) is 12.4. The van der Waals surface area contributed by atoms with Crippen LogP contribution in [0, 0.1) is 0 Å². The zero-order valence-electron chi connectivity index (χ0n) is 17.2. The van der Waals surface area contributed by atoms with Crippen LogP contribution in [-0.2, 0) is 16.0 Å². The molecule has 0 aliphatic heterocycles. The Balaban J connectivity index is 0.00000676. The van der Waals surface area contributed by atoms with Gasteiger partial charge < -0.3 is 20.3 Å². The van der Waals surface area contributed by atoms with Gasteiger partial charge in [0.1, 0.15) is 6.54 Å². The third kappa shape index (κ3) is 11.2. The molecule has 1 aromatic rings. The highest BCUT2D eigenvalue weighted by atomic mass is 127. The number of hydrogen-bond donors (Lipinski definition) is 2.